The molecule has 3 aromatic rings. The number of hydrogen-bond acceptors (Lipinski definition) is 7. The third-order valence-electron chi connectivity index (χ3n) is 6.80. The Morgan fingerprint density at radius 3 is 2.14 bits per heavy atom. The van der Waals surface area contributed by atoms with E-state index in [9.17, 15) is 4.79 Å². The molecular weight excluding hydrogens is 462 g/mol. The minimum absolute atomic E-state index is 0.0708. The van der Waals surface area contributed by atoms with Gasteiger partial charge in [-0.3, -0.25) is 4.79 Å². The molecule has 0 aliphatic heterocycles. The Hall–Kier alpha value is -3.81. The predicted molar refractivity (Wildman–Crippen MR) is 137 cm³/mol. The fourth-order valence-corrected chi connectivity index (χ4v) is 4.85. The molecule has 192 valence electrons. The van der Waals surface area contributed by atoms with Gasteiger partial charge in [0.25, 0.3) is 11.9 Å². The average molecular weight is 496 g/mol. The topological polar surface area (TPSA) is 88.4 Å². The van der Waals surface area contributed by atoms with Crippen molar-refractivity contribution in [3.8, 4) is 34.7 Å². The lowest BCUT2D eigenvalue weighted by molar-refractivity contribution is 0.0991. The molecule has 0 spiro atoms. The highest BCUT2D eigenvalue weighted by molar-refractivity contribution is 6.04. The van der Waals surface area contributed by atoms with Crippen LogP contribution in [0.5, 0.6) is 34.7 Å². The summed E-state index contributed by atoms with van der Waals surface area (Å²) >= 11 is 0. The SMILES string of the molecule is COc1cc(OC)c(NC(=O)c2ccc(Oc3c(OC)cc4c(c3C)C(C)CCC4C)o2)c(OC)c1. The maximum atomic E-state index is 13.0. The molecule has 2 aromatic carbocycles. The number of amides is 1. The minimum atomic E-state index is -0.483. The van der Waals surface area contributed by atoms with Crippen molar-refractivity contribution < 1.29 is 32.9 Å². The summed E-state index contributed by atoms with van der Waals surface area (Å²) in [5.74, 6) is 3.21. The summed E-state index contributed by atoms with van der Waals surface area (Å²) in [7, 11) is 6.16. The van der Waals surface area contributed by atoms with E-state index in [0.717, 1.165) is 18.4 Å². The van der Waals surface area contributed by atoms with Gasteiger partial charge in [-0.15, -0.1) is 0 Å². The first-order chi connectivity index (χ1) is 17.3. The van der Waals surface area contributed by atoms with Gasteiger partial charge in [0.05, 0.1) is 28.4 Å². The number of nitrogens with one attached hydrogen (secondary N) is 1. The third kappa shape index (κ3) is 4.67. The Labute approximate surface area is 211 Å². The summed E-state index contributed by atoms with van der Waals surface area (Å²) in [5.41, 5.74) is 3.99. The monoisotopic (exact) mass is 495 g/mol. The first kappa shape index (κ1) is 25.3. The third-order valence-corrected chi connectivity index (χ3v) is 6.80. The van der Waals surface area contributed by atoms with Gasteiger partial charge in [-0.2, -0.15) is 0 Å². The fourth-order valence-electron chi connectivity index (χ4n) is 4.85. The molecular formula is C28H33NO7. The quantitative estimate of drug-likeness (QED) is 0.373. The number of carbonyl (C=O) groups excluding carboxylic acids is 1. The molecule has 2 atom stereocenters. The smallest absolute Gasteiger partial charge is 0.291 e. The van der Waals surface area contributed by atoms with Crippen molar-refractivity contribution in [1.82, 2.24) is 0 Å². The first-order valence-corrected chi connectivity index (χ1v) is 11.9. The van der Waals surface area contributed by atoms with Crippen LogP contribution in [0.2, 0.25) is 0 Å². The van der Waals surface area contributed by atoms with E-state index in [1.54, 1.807) is 31.4 Å². The highest BCUT2D eigenvalue weighted by Crippen LogP contribution is 2.48. The van der Waals surface area contributed by atoms with Crippen molar-refractivity contribution >= 4 is 11.6 Å². The molecule has 36 heavy (non-hydrogen) atoms. The lowest BCUT2D eigenvalue weighted by Crippen LogP contribution is -2.13. The van der Waals surface area contributed by atoms with Gasteiger partial charge in [-0.1, -0.05) is 13.8 Å². The van der Waals surface area contributed by atoms with Crippen molar-refractivity contribution in [2.24, 2.45) is 0 Å². The summed E-state index contributed by atoms with van der Waals surface area (Å²) in [6.07, 6.45) is 2.28. The standard InChI is InChI=1S/C28H33NO7/c1-15-8-9-16(2)25-17(3)27(23(34-7)14-19(15)25)36-24-11-10-20(35-24)28(30)29-26-21(32-5)12-18(31-4)13-22(26)33-6/h10-16H,8-9H2,1-7H3,(H,29,30). The van der Waals surface area contributed by atoms with Crippen LogP contribution in [0.25, 0.3) is 0 Å². The van der Waals surface area contributed by atoms with E-state index in [-0.39, 0.29) is 11.7 Å². The van der Waals surface area contributed by atoms with Crippen molar-refractivity contribution in [2.75, 3.05) is 33.8 Å². The van der Waals surface area contributed by atoms with Crippen LogP contribution in [-0.4, -0.2) is 34.3 Å². The summed E-state index contributed by atoms with van der Waals surface area (Å²) in [6.45, 7) is 6.53. The van der Waals surface area contributed by atoms with E-state index in [4.69, 9.17) is 28.1 Å². The van der Waals surface area contributed by atoms with E-state index in [1.807, 2.05) is 6.92 Å². The summed E-state index contributed by atoms with van der Waals surface area (Å²) < 4.78 is 33.7. The number of rotatable bonds is 8. The molecule has 4 rings (SSSR count). The van der Waals surface area contributed by atoms with Gasteiger partial charge < -0.3 is 33.4 Å². The van der Waals surface area contributed by atoms with Gasteiger partial charge in [0, 0.05) is 18.2 Å². The second-order valence-corrected chi connectivity index (χ2v) is 9.00. The molecule has 0 saturated carbocycles. The van der Waals surface area contributed by atoms with Crippen molar-refractivity contribution in [3.05, 3.63) is 52.8 Å². The number of benzene rings is 2. The maximum absolute atomic E-state index is 13.0. The number of furan rings is 1. The zero-order valence-corrected chi connectivity index (χ0v) is 21.8. The van der Waals surface area contributed by atoms with Gasteiger partial charge >= 0.3 is 0 Å². The largest absolute Gasteiger partial charge is 0.496 e. The zero-order valence-electron chi connectivity index (χ0n) is 21.8. The Kier molecular flexibility index (Phi) is 7.33. The van der Waals surface area contributed by atoms with E-state index < -0.39 is 5.91 Å². The normalized spacial score (nSPS) is 16.6. The number of fused-ring (bicyclic) bond motifs is 1. The predicted octanol–water partition coefficient (Wildman–Crippen LogP) is 6.67. The van der Waals surface area contributed by atoms with Crippen molar-refractivity contribution in [3.63, 3.8) is 0 Å². The molecule has 0 saturated heterocycles. The van der Waals surface area contributed by atoms with Crippen LogP contribution >= 0.6 is 0 Å². The van der Waals surface area contributed by atoms with Crippen LogP contribution in [0.15, 0.2) is 34.7 Å². The lowest BCUT2D eigenvalue weighted by atomic mass is 9.76. The molecule has 2 unspecified atom stereocenters. The Morgan fingerprint density at radius 2 is 1.53 bits per heavy atom. The molecule has 0 fully saturated rings. The molecule has 1 heterocycles. The number of ether oxygens (including phenoxy) is 5. The summed E-state index contributed by atoms with van der Waals surface area (Å²) in [6, 6.07) is 8.54. The number of methoxy groups -OCH3 is 4. The van der Waals surface area contributed by atoms with Crippen LogP contribution in [0.4, 0.5) is 5.69 Å². The highest BCUT2D eigenvalue weighted by atomic mass is 16.6. The molecule has 1 aliphatic rings. The van der Waals surface area contributed by atoms with E-state index in [1.165, 1.54) is 32.5 Å². The molecule has 0 radical (unpaired) electrons. The van der Waals surface area contributed by atoms with Gasteiger partial charge in [-0.05, 0) is 60.4 Å². The highest BCUT2D eigenvalue weighted by Gasteiger charge is 2.28. The van der Waals surface area contributed by atoms with Crippen molar-refractivity contribution in [1.29, 1.82) is 0 Å². The van der Waals surface area contributed by atoms with E-state index in [0.29, 0.717) is 46.3 Å². The van der Waals surface area contributed by atoms with E-state index in [2.05, 4.69) is 25.2 Å². The van der Waals surface area contributed by atoms with Crippen LogP contribution in [0, 0.1) is 6.92 Å². The molecule has 1 aliphatic carbocycles. The van der Waals surface area contributed by atoms with E-state index >= 15 is 0 Å². The summed E-state index contributed by atoms with van der Waals surface area (Å²) in [5, 5.41) is 2.79. The Morgan fingerprint density at radius 1 is 0.889 bits per heavy atom. The van der Waals surface area contributed by atoms with Crippen molar-refractivity contribution in [2.45, 2.75) is 45.4 Å². The number of carbonyl (C=O) groups is 1. The average Bonchev–Trinajstić information content (AvgIpc) is 3.36. The minimum Gasteiger partial charge on any atom is -0.496 e. The maximum Gasteiger partial charge on any atom is 0.291 e. The van der Waals surface area contributed by atoms with Gasteiger partial charge in [0.2, 0.25) is 0 Å². The molecule has 0 bridgehead atoms. The summed E-state index contributed by atoms with van der Waals surface area (Å²) in [4.78, 5) is 13.0. The zero-order chi connectivity index (χ0) is 26.0. The van der Waals surface area contributed by atoms with Crippen LogP contribution in [-0.2, 0) is 0 Å². The second-order valence-electron chi connectivity index (χ2n) is 9.00. The Bertz CT molecular complexity index is 1240. The second kappa shape index (κ2) is 10.4. The van der Waals surface area contributed by atoms with Gasteiger partial charge in [0.15, 0.2) is 17.3 Å². The van der Waals surface area contributed by atoms with Gasteiger partial charge in [0.1, 0.15) is 22.9 Å². The Balaban J connectivity index is 1.61. The first-order valence-electron chi connectivity index (χ1n) is 11.9. The van der Waals surface area contributed by atoms with Crippen LogP contribution in [0.1, 0.15) is 65.8 Å². The fraction of sp³-hybridized carbons (Fsp3) is 0.393. The van der Waals surface area contributed by atoms with Gasteiger partial charge in [-0.25, -0.2) is 0 Å². The molecule has 1 amide bonds. The van der Waals surface area contributed by atoms with Crippen LogP contribution in [0.3, 0.4) is 0 Å². The van der Waals surface area contributed by atoms with Crippen LogP contribution < -0.4 is 29.0 Å². The molecule has 1 N–H and O–H groups in total. The molecule has 8 heteroatoms. The lowest BCUT2D eigenvalue weighted by Gasteiger charge is -2.30. The number of anilines is 1. The molecule has 8 nitrogen and oxygen atoms in total. The number of hydrogen-bond donors (Lipinski definition) is 1. The molecule has 1 aromatic heterocycles.